The van der Waals surface area contributed by atoms with Crippen LogP contribution in [0.3, 0.4) is 0 Å². The van der Waals surface area contributed by atoms with Crippen LogP contribution in [0.25, 0.3) is 0 Å². The molecule has 0 atom stereocenters. The molecule has 3 rings (SSSR count). The zero-order chi connectivity index (χ0) is 16.2. The van der Waals surface area contributed by atoms with Crippen molar-refractivity contribution in [2.75, 3.05) is 54.8 Å². The van der Waals surface area contributed by atoms with Crippen molar-refractivity contribution in [2.45, 2.75) is 6.42 Å². The summed E-state index contributed by atoms with van der Waals surface area (Å²) < 4.78 is 0. The minimum atomic E-state index is 0.181. The van der Waals surface area contributed by atoms with Crippen LogP contribution in [-0.2, 0) is 6.42 Å². The van der Waals surface area contributed by atoms with Crippen molar-refractivity contribution in [1.82, 2.24) is 14.9 Å². The van der Waals surface area contributed by atoms with Crippen LogP contribution in [0.15, 0.2) is 30.3 Å². The van der Waals surface area contributed by atoms with Crippen LogP contribution in [-0.4, -0.2) is 47.6 Å². The minimum Gasteiger partial charge on any atom is -0.394 e. The number of hydrogen-bond acceptors (Lipinski definition) is 7. The summed E-state index contributed by atoms with van der Waals surface area (Å²) in [6.45, 7) is 4.97. The molecule has 0 aliphatic carbocycles. The van der Waals surface area contributed by atoms with E-state index in [-0.39, 0.29) is 11.8 Å². The van der Waals surface area contributed by atoms with E-state index in [0.717, 1.165) is 44.8 Å². The maximum Gasteiger partial charge on any atom is 0.222 e. The summed E-state index contributed by atoms with van der Waals surface area (Å²) >= 11 is 0. The van der Waals surface area contributed by atoms with Gasteiger partial charge in [-0.1, -0.05) is 18.2 Å². The van der Waals surface area contributed by atoms with Gasteiger partial charge >= 0.3 is 0 Å². The highest BCUT2D eigenvalue weighted by atomic mass is 15.3. The SMILES string of the molecule is Nc1nc(N)c(N)c(CCN2CCN(c3ccccc3)CC2)n1. The van der Waals surface area contributed by atoms with Gasteiger partial charge in [-0.3, -0.25) is 4.90 Å². The fourth-order valence-electron chi connectivity index (χ4n) is 2.88. The second-order valence-corrected chi connectivity index (χ2v) is 5.74. The van der Waals surface area contributed by atoms with Crippen LogP contribution in [0.1, 0.15) is 5.69 Å². The third kappa shape index (κ3) is 3.62. The van der Waals surface area contributed by atoms with Gasteiger partial charge in [0.25, 0.3) is 0 Å². The van der Waals surface area contributed by atoms with E-state index in [1.807, 2.05) is 6.07 Å². The molecule has 7 nitrogen and oxygen atoms in total. The molecular formula is C16H23N7. The van der Waals surface area contributed by atoms with Crippen LogP contribution < -0.4 is 22.1 Å². The minimum absolute atomic E-state index is 0.181. The third-order valence-corrected chi connectivity index (χ3v) is 4.23. The van der Waals surface area contributed by atoms with E-state index < -0.39 is 0 Å². The molecule has 1 saturated heterocycles. The van der Waals surface area contributed by atoms with Crippen molar-refractivity contribution in [3.05, 3.63) is 36.0 Å². The monoisotopic (exact) mass is 313 g/mol. The molecule has 0 unspecified atom stereocenters. The molecule has 2 aromatic rings. The van der Waals surface area contributed by atoms with E-state index in [1.165, 1.54) is 5.69 Å². The number of nitrogen functional groups attached to an aromatic ring is 3. The van der Waals surface area contributed by atoms with Crippen molar-refractivity contribution in [1.29, 1.82) is 0 Å². The second-order valence-electron chi connectivity index (χ2n) is 5.74. The first kappa shape index (κ1) is 15.4. The smallest absolute Gasteiger partial charge is 0.222 e. The van der Waals surface area contributed by atoms with E-state index in [9.17, 15) is 0 Å². The second kappa shape index (κ2) is 6.70. The average Bonchev–Trinajstić information content (AvgIpc) is 2.58. The van der Waals surface area contributed by atoms with Crippen molar-refractivity contribution in [2.24, 2.45) is 0 Å². The molecule has 0 bridgehead atoms. The molecule has 1 aliphatic rings. The highest BCUT2D eigenvalue weighted by Gasteiger charge is 2.17. The maximum atomic E-state index is 5.93. The number of nitrogens with two attached hydrogens (primary N) is 3. The topological polar surface area (TPSA) is 110 Å². The summed E-state index contributed by atoms with van der Waals surface area (Å²) in [6, 6.07) is 10.5. The molecule has 0 radical (unpaired) electrons. The van der Waals surface area contributed by atoms with Gasteiger partial charge in [-0.05, 0) is 12.1 Å². The van der Waals surface area contributed by atoms with Gasteiger partial charge in [0.1, 0.15) is 0 Å². The van der Waals surface area contributed by atoms with Gasteiger partial charge < -0.3 is 22.1 Å². The predicted molar refractivity (Wildman–Crippen MR) is 94.1 cm³/mol. The van der Waals surface area contributed by atoms with Gasteiger partial charge in [0.15, 0.2) is 5.82 Å². The molecule has 23 heavy (non-hydrogen) atoms. The Labute approximate surface area is 136 Å². The van der Waals surface area contributed by atoms with Gasteiger partial charge in [-0.2, -0.15) is 4.98 Å². The van der Waals surface area contributed by atoms with E-state index in [2.05, 4.69) is 44.0 Å². The Hall–Kier alpha value is -2.54. The van der Waals surface area contributed by atoms with Gasteiger partial charge in [0, 0.05) is 44.8 Å². The first-order valence-electron chi connectivity index (χ1n) is 7.83. The summed E-state index contributed by atoms with van der Waals surface area (Å²) in [4.78, 5) is 12.9. The number of benzene rings is 1. The molecule has 7 heteroatoms. The lowest BCUT2D eigenvalue weighted by atomic mass is 10.2. The largest absolute Gasteiger partial charge is 0.394 e. The number of nitrogens with zero attached hydrogens (tertiary/aromatic N) is 4. The Balaban J connectivity index is 1.54. The molecule has 1 fully saturated rings. The lowest BCUT2D eigenvalue weighted by Gasteiger charge is -2.36. The number of para-hydroxylation sites is 1. The molecular weight excluding hydrogens is 290 g/mol. The summed E-state index contributed by atoms with van der Waals surface area (Å²) in [5, 5.41) is 0. The highest BCUT2D eigenvalue weighted by Crippen LogP contribution is 2.19. The molecule has 0 spiro atoms. The first-order chi connectivity index (χ1) is 11.1. The van der Waals surface area contributed by atoms with Crippen LogP contribution in [0, 0.1) is 0 Å². The number of hydrogen-bond donors (Lipinski definition) is 3. The number of piperazine rings is 1. The average molecular weight is 313 g/mol. The molecule has 0 amide bonds. The molecule has 122 valence electrons. The number of aromatic nitrogens is 2. The van der Waals surface area contributed by atoms with Gasteiger partial charge in [-0.15, -0.1) is 0 Å². The van der Waals surface area contributed by atoms with E-state index in [1.54, 1.807) is 0 Å². The van der Waals surface area contributed by atoms with Crippen LogP contribution in [0.4, 0.5) is 23.1 Å². The fourth-order valence-corrected chi connectivity index (χ4v) is 2.88. The zero-order valence-corrected chi connectivity index (χ0v) is 13.2. The van der Waals surface area contributed by atoms with Gasteiger partial charge in [-0.25, -0.2) is 4.98 Å². The maximum absolute atomic E-state index is 5.93. The lowest BCUT2D eigenvalue weighted by molar-refractivity contribution is 0.260. The molecule has 2 heterocycles. The first-order valence-corrected chi connectivity index (χ1v) is 7.83. The molecule has 1 aromatic carbocycles. The standard InChI is InChI=1S/C16H23N7/c17-14-13(20-16(19)21-15(14)18)6-7-22-8-10-23(11-9-22)12-4-2-1-3-5-12/h1-5H,6-11,17H2,(H4,18,19,20,21). The van der Waals surface area contributed by atoms with E-state index in [4.69, 9.17) is 17.2 Å². The number of rotatable bonds is 4. The third-order valence-electron chi connectivity index (χ3n) is 4.23. The molecule has 1 aliphatic heterocycles. The van der Waals surface area contributed by atoms with Crippen LogP contribution in [0.2, 0.25) is 0 Å². The molecule has 1 aromatic heterocycles. The summed E-state index contributed by atoms with van der Waals surface area (Å²) in [6.07, 6.45) is 0.730. The van der Waals surface area contributed by atoms with Crippen molar-refractivity contribution in [3.63, 3.8) is 0 Å². The Kier molecular flexibility index (Phi) is 4.47. The van der Waals surface area contributed by atoms with Crippen molar-refractivity contribution < 1.29 is 0 Å². The van der Waals surface area contributed by atoms with Crippen LogP contribution in [0.5, 0.6) is 0 Å². The quantitative estimate of drug-likeness (QED) is 0.757. The van der Waals surface area contributed by atoms with E-state index >= 15 is 0 Å². The Morgan fingerprint density at radius 2 is 1.61 bits per heavy atom. The summed E-state index contributed by atoms with van der Waals surface area (Å²) in [7, 11) is 0. The molecule has 0 saturated carbocycles. The van der Waals surface area contributed by atoms with Crippen molar-refractivity contribution >= 4 is 23.1 Å². The Morgan fingerprint density at radius 3 is 2.30 bits per heavy atom. The molecule has 6 N–H and O–H groups in total. The fraction of sp³-hybridized carbons (Fsp3) is 0.375. The van der Waals surface area contributed by atoms with Gasteiger partial charge in [0.2, 0.25) is 5.95 Å². The van der Waals surface area contributed by atoms with Crippen LogP contribution >= 0.6 is 0 Å². The normalized spacial score (nSPS) is 15.7. The summed E-state index contributed by atoms with van der Waals surface area (Å²) in [5.41, 5.74) is 19.8. The highest BCUT2D eigenvalue weighted by molar-refractivity contribution is 5.62. The zero-order valence-electron chi connectivity index (χ0n) is 13.2. The Morgan fingerprint density at radius 1 is 0.913 bits per heavy atom. The summed E-state index contributed by atoms with van der Waals surface area (Å²) in [5.74, 6) is 0.446. The predicted octanol–water partition coefficient (Wildman–Crippen LogP) is 0.588. The lowest BCUT2D eigenvalue weighted by Crippen LogP contribution is -2.47. The van der Waals surface area contributed by atoms with Crippen molar-refractivity contribution in [3.8, 4) is 0 Å². The Bertz CT molecular complexity index is 651. The number of anilines is 4. The van der Waals surface area contributed by atoms with Gasteiger partial charge in [0.05, 0.1) is 11.4 Å². The van der Waals surface area contributed by atoms with E-state index in [0.29, 0.717) is 5.69 Å².